The van der Waals surface area contributed by atoms with Gasteiger partial charge in [0.1, 0.15) is 0 Å². The number of piperidine rings is 1. The summed E-state index contributed by atoms with van der Waals surface area (Å²) in [6, 6.07) is 2.92. The first-order chi connectivity index (χ1) is 11.3. The molecule has 1 unspecified atom stereocenters. The van der Waals surface area contributed by atoms with E-state index < -0.39 is 0 Å². The number of nitrogens with zero attached hydrogens (tertiary/aromatic N) is 2. The Hall–Kier alpha value is -1.07. The average molecular weight is 337 g/mol. The van der Waals surface area contributed by atoms with Gasteiger partial charge in [-0.05, 0) is 75.0 Å². The number of thiophene rings is 1. The quantitative estimate of drug-likeness (QED) is 0.434. The van der Waals surface area contributed by atoms with Crippen LogP contribution in [0.3, 0.4) is 0 Å². The molecule has 0 bridgehead atoms. The molecule has 0 saturated carbocycles. The van der Waals surface area contributed by atoms with E-state index in [9.17, 15) is 0 Å². The Morgan fingerprint density at radius 3 is 3.00 bits per heavy atom. The van der Waals surface area contributed by atoms with Gasteiger partial charge >= 0.3 is 0 Å². The van der Waals surface area contributed by atoms with Crippen LogP contribution in [0.1, 0.15) is 51.5 Å². The van der Waals surface area contributed by atoms with Crippen molar-refractivity contribution in [3.8, 4) is 0 Å². The van der Waals surface area contributed by atoms with Gasteiger partial charge in [0.15, 0.2) is 5.96 Å². The Labute approximate surface area is 145 Å². The number of hydrogen-bond donors (Lipinski definition) is 2. The molecule has 1 fully saturated rings. The number of rotatable bonds is 8. The highest BCUT2D eigenvalue weighted by Crippen LogP contribution is 2.16. The smallest absolute Gasteiger partial charge is 0.191 e. The number of likely N-dealkylation sites (tertiary alicyclic amines) is 1. The molecule has 1 aromatic heterocycles. The van der Waals surface area contributed by atoms with Gasteiger partial charge in [-0.2, -0.15) is 11.3 Å². The van der Waals surface area contributed by atoms with E-state index in [0.29, 0.717) is 0 Å². The second kappa shape index (κ2) is 10.7. The van der Waals surface area contributed by atoms with Crippen molar-refractivity contribution in [1.82, 2.24) is 15.5 Å². The van der Waals surface area contributed by atoms with Gasteiger partial charge in [0.05, 0.1) is 6.54 Å². The number of aliphatic imine (C=N–C) groups is 1. The summed E-state index contributed by atoms with van der Waals surface area (Å²) in [6.07, 6.45) is 6.62. The van der Waals surface area contributed by atoms with Crippen molar-refractivity contribution in [2.75, 3.05) is 26.2 Å². The predicted molar refractivity (Wildman–Crippen MR) is 101 cm³/mol. The summed E-state index contributed by atoms with van der Waals surface area (Å²) in [5.74, 6) is 0.935. The first kappa shape index (κ1) is 18.3. The Kier molecular flexibility index (Phi) is 8.47. The van der Waals surface area contributed by atoms with Gasteiger partial charge in [-0.15, -0.1) is 0 Å². The molecule has 0 amide bonds. The zero-order valence-electron chi connectivity index (χ0n) is 14.7. The zero-order valence-corrected chi connectivity index (χ0v) is 15.5. The maximum Gasteiger partial charge on any atom is 0.191 e. The summed E-state index contributed by atoms with van der Waals surface area (Å²) in [5.41, 5.74) is 1.28. The van der Waals surface area contributed by atoms with Gasteiger partial charge in [0, 0.05) is 19.1 Å². The monoisotopic (exact) mass is 336 g/mol. The zero-order chi connectivity index (χ0) is 16.3. The third-order valence-electron chi connectivity index (χ3n) is 4.45. The lowest BCUT2D eigenvalue weighted by atomic mass is 10.0. The number of nitrogens with one attached hydrogen (secondary N) is 2. The minimum Gasteiger partial charge on any atom is -0.357 e. The molecule has 1 aliphatic rings. The lowest BCUT2D eigenvalue weighted by Gasteiger charge is -2.33. The molecular weight excluding hydrogens is 304 g/mol. The Bertz CT molecular complexity index is 444. The number of unbranched alkanes of at least 4 members (excludes halogenated alkanes) is 1. The predicted octanol–water partition coefficient (Wildman–Crippen LogP) is 3.46. The summed E-state index contributed by atoms with van der Waals surface area (Å²) >= 11 is 1.73. The summed E-state index contributed by atoms with van der Waals surface area (Å²) in [5, 5.41) is 11.0. The summed E-state index contributed by atoms with van der Waals surface area (Å²) in [6.45, 7) is 9.67. The second-order valence-electron chi connectivity index (χ2n) is 6.34. The van der Waals surface area contributed by atoms with Crippen LogP contribution in [0, 0.1) is 0 Å². The van der Waals surface area contributed by atoms with Crippen LogP contribution in [0.25, 0.3) is 0 Å². The highest BCUT2D eigenvalue weighted by atomic mass is 32.1. The maximum atomic E-state index is 4.65. The van der Waals surface area contributed by atoms with Gasteiger partial charge in [-0.25, -0.2) is 4.99 Å². The van der Waals surface area contributed by atoms with Crippen molar-refractivity contribution in [2.45, 2.75) is 58.5 Å². The van der Waals surface area contributed by atoms with Crippen molar-refractivity contribution in [1.29, 1.82) is 0 Å². The van der Waals surface area contributed by atoms with Crippen LogP contribution in [-0.4, -0.2) is 43.1 Å². The van der Waals surface area contributed by atoms with E-state index in [1.807, 2.05) is 0 Å². The standard InChI is InChI=1S/C18H32N4S/c1-3-19-18(21-14-17-9-13-23-15-17)20-10-5-7-12-22-11-6-4-8-16(22)2/h9,13,15-16H,3-8,10-12,14H2,1-2H3,(H2,19,20,21). The largest absolute Gasteiger partial charge is 0.357 e. The molecule has 1 aromatic rings. The lowest BCUT2D eigenvalue weighted by Crippen LogP contribution is -2.39. The molecule has 1 atom stereocenters. The van der Waals surface area contributed by atoms with Crippen LogP contribution < -0.4 is 10.6 Å². The molecule has 130 valence electrons. The van der Waals surface area contributed by atoms with Crippen LogP contribution in [0.5, 0.6) is 0 Å². The summed E-state index contributed by atoms with van der Waals surface area (Å²) in [4.78, 5) is 7.30. The average Bonchev–Trinajstić information content (AvgIpc) is 3.07. The summed E-state index contributed by atoms with van der Waals surface area (Å²) in [7, 11) is 0. The molecule has 23 heavy (non-hydrogen) atoms. The molecular formula is C18H32N4S. The summed E-state index contributed by atoms with van der Waals surface area (Å²) < 4.78 is 0. The Morgan fingerprint density at radius 2 is 2.26 bits per heavy atom. The van der Waals surface area contributed by atoms with Crippen molar-refractivity contribution in [2.24, 2.45) is 4.99 Å². The first-order valence-electron chi connectivity index (χ1n) is 9.07. The van der Waals surface area contributed by atoms with E-state index in [1.54, 1.807) is 11.3 Å². The van der Waals surface area contributed by atoms with Gasteiger partial charge in [-0.1, -0.05) is 6.42 Å². The molecule has 1 aliphatic heterocycles. The van der Waals surface area contributed by atoms with Crippen molar-refractivity contribution in [3.63, 3.8) is 0 Å². The molecule has 2 heterocycles. The molecule has 4 nitrogen and oxygen atoms in total. The highest BCUT2D eigenvalue weighted by molar-refractivity contribution is 7.07. The molecule has 5 heteroatoms. The van der Waals surface area contributed by atoms with Crippen molar-refractivity contribution < 1.29 is 0 Å². The molecule has 2 N–H and O–H groups in total. The van der Waals surface area contributed by atoms with E-state index in [4.69, 9.17) is 0 Å². The fourth-order valence-electron chi connectivity index (χ4n) is 3.03. The van der Waals surface area contributed by atoms with Gasteiger partial charge in [0.25, 0.3) is 0 Å². The van der Waals surface area contributed by atoms with Gasteiger partial charge in [0.2, 0.25) is 0 Å². The maximum absolute atomic E-state index is 4.65. The molecule has 0 spiro atoms. The molecule has 0 aromatic carbocycles. The third-order valence-corrected chi connectivity index (χ3v) is 5.18. The van der Waals surface area contributed by atoms with Gasteiger partial charge < -0.3 is 15.5 Å². The molecule has 1 saturated heterocycles. The van der Waals surface area contributed by atoms with E-state index in [2.05, 4.69) is 51.2 Å². The Balaban J connectivity index is 1.62. The molecule has 0 aliphatic carbocycles. The second-order valence-corrected chi connectivity index (χ2v) is 7.12. The van der Waals surface area contributed by atoms with Gasteiger partial charge in [-0.3, -0.25) is 0 Å². The first-order valence-corrected chi connectivity index (χ1v) is 10.0. The van der Waals surface area contributed by atoms with Crippen molar-refractivity contribution in [3.05, 3.63) is 22.4 Å². The molecule has 0 radical (unpaired) electrons. The van der Waals surface area contributed by atoms with E-state index in [0.717, 1.165) is 31.6 Å². The fraction of sp³-hybridized carbons (Fsp3) is 0.722. The SMILES string of the molecule is CCNC(=NCc1ccsc1)NCCCCN1CCCCC1C. The third kappa shape index (κ3) is 6.92. The van der Waals surface area contributed by atoms with Crippen LogP contribution in [-0.2, 0) is 6.54 Å². The van der Waals surface area contributed by atoms with Crippen molar-refractivity contribution >= 4 is 17.3 Å². The highest BCUT2D eigenvalue weighted by Gasteiger charge is 2.16. The van der Waals surface area contributed by atoms with E-state index in [1.165, 1.54) is 50.8 Å². The Morgan fingerprint density at radius 1 is 1.35 bits per heavy atom. The number of guanidine groups is 1. The van der Waals surface area contributed by atoms with Crippen LogP contribution in [0.4, 0.5) is 0 Å². The minimum atomic E-state index is 0.754. The van der Waals surface area contributed by atoms with E-state index >= 15 is 0 Å². The number of hydrogen-bond acceptors (Lipinski definition) is 3. The van der Waals surface area contributed by atoms with Crippen LogP contribution in [0.15, 0.2) is 21.8 Å². The lowest BCUT2D eigenvalue weighted by molar-refractivity contribution is 0.158. The minimum absolute atomic E-state index is 0.754. The van der Waals surface area contributed by atoms with E-state index in [-0.39, 0.29) is 0 Å². The van der Waals surface area contributed by atoms with Crippen LogP contribution >= 0.6 is 11.3 Å². The fourth-order valence-corrected chi connectivity index (χ4v) is 3.69. The molecule has 2 rings (SSSR count). The van der Waals surface area contributed by atoms with Crippen LogP contribution in [0.2, 0.25) is 0 Å². The topological polar surface area (TPSA) is 39.7 Å². The normalized spacial score (nSPS) is 19.7.